The van der Waals surface area contributed by atoms with E-state index in [9.17, 15) is 4.79 Å². The molecule has 0 amide bonds. The minimum Gasteiger partial charge on any atom is -0.426 e. The van der Waals surface area contributed by atoms with E-state index < -0.39 is 0 Å². The molecule has 0 aromatic heterocycles. The van der Waals surface area contributed by atoms with Gasteiger partial charge in [-0.25, -0.2) is 0 Å². The summed E-state index contributed by atoms with van der Waals surface area (Å²) in [6.07, 6.45) is 0. The SMILES string of the molecule is C=C(OC(=O)CN(C)C)c1ccccc1. The quantitative estimate of drug-likeness (QED) is 0.554. The van der Waals surface area contributed by atoms with E-state index in [2.05, 4.69) is 6.58 Å². The summed E-state index contributed by atoms with van der Waals surface area (Å²) in [5.41, 5.74) is 0.824. The molecule has 0 N–H and O–H groups in total. The van der Waals surface area contributed by atoms with Crippen molar-refractivity contribution in [2.45, 2.75) is 0 Å². The lowest BCUT2D eigenvalue weighted by molar-refractivity contribution is -0.137. The average molecular weight is 205 g/mol. The fourth-order valence-electron chi connectivity index (χ4n) is 1.11. The highest BCUT2D eigenvalue weighted by Crippen LogP contribution is 2.12. The molecule has 3 nitrogen and oxygen atoms in total. The van der Waals surface area contributed by atoms with E-state index in [1.165, 1.54) is 0 Å². The number of carbonyl (C=O) groups is 1. The van der Waals surface area contributed by atoms with Gasteiger partial charge < -0.3 is 4.74 Å². The summed E-state index contributed by atoms with van der Waals surface area (Å²) < 4.78 is 5.07. The molecule has 0 saturated heterocycles. The highest BCUT2D eigenvalue weighted by molar-refractivity contribution is 5.78. The fraction of sp³-hybridized carbons (Fsp3) is 0.250. The Hall–Kier alpha value is -1.61. The van der Waals surface area contributed by atoms with E-state index in [1.807, 2.05) is 44.4 Å². The fourth-order valence-corrected chi connectivity index (χ4v) is 1.11. The number of esters is 1. The zero-order valence-corrected chi connectivity index (χ0v) is 9.06. The van der Waals surface area contributed by atoms with Gasteiger partial charge in [0, 0.05) is 5.56 Å². The average Bonchev–Trinajstić information content (AvgIpc) is 2.17. The molecule has 1 aromatic carbocycles. The second-order valence-electron chi connectivity index (χ2n) is 3.50. The number of nitrogens with zero attached hydrogens (tertiary/aromatic N) is 1. The van der Waals surface area contributed by atoms with Crippen LogP contribution in [0.3, 0.4) is 0 Å². The van der Waals surface area contributed by atoms with E-state index in [1.54, 1.807) is 4.90 Å². The first kappa shape index (κ1) is 11.5. The summed E-state index contributed by atoms with van der Waals surface area (Å²) in [6.45, 7) is 3.97. The van der Waals surface area contributed by atoms with Crippen LogP contribution in [0.25, 0.3) is 5.76 Å². The first-order valence-corrected chi connectivity index (χ1v) is 4.69. The minimum atomic E-state index is -0.297. The second-order valence-corrected chi connectivity index (χ2v) is 3.50. The molecule has 3 heteroatoms. The van der Waals surface area contributed by atoms with Gasteiger partial charge in [0.15, 0.2) is 0 Å². The summed E-state index contributed by atoms with van der Waals surface area (Å²) in [4.78, 5) is 13.1. The van der Waals surface area contributed by atoms with Gasteiger partial charge >= 0.3 is 5.97 Å². The number of ether oxygens (including phenoxy) is 1. The molecule has 0 unspecified atom stereocenters. The molecule has 0 radical (unpaired) electrons. The maximum absolute atomic E-state index is 11.3. The van der Waals surface area contributed by atoms with E-state index in [0.717, 1.165) is 5.56 Å². The van der Waals surface area contributed by atoms with Crippen LogP contribution in [0.1, 0.15) is 5.56 Å². The molecule has 0 aliphatic rings. The van der Waals surface area contributed by atoms with Gasteiger partial charge in [-0.2, -0.15) is 0 Å². The van der Waals surface area contributed by atoms with Crippen LogP contribution in [0.15, 0.2) is 36.9 Å². The van der Waals surface area contributed by atoms with Crippen molar-refractivity contribution in [3.63, 3.8) is 0 Å². The first-order valence-electron chi connectivity index (χ1n) is 4.69. The maximum Gasteiger partial charge on any atom is 0.325 e. The molecule has 0 heterocycles. The van der Waals surface area contributed by atoms with Gasteiger partial charge in [-0.1, -0.05) is 36.9 Å². The molecule has 0 fully saturated rings. The van der Waals surface area contributed by atoms with Crippen LogP contribution in [0, 0.1) is 0 Å². The summed E-state index contributed by atoms with van der Waals surface area (Å²) in [6, 6.07) is 9.36. The van der Waals surface area contributed by atoms with Gasteiger partial charge in [-0.3, -0.25) is 9.69 Å². The van der Waals surface area contributed by atoms with E-state index in [0.29, 0.717) is 5.76 Å². The Bertz CT molecular complexity index is 344. The number of rotatable bonds is 4. The molecule has 0 bridgehead atoms. The van der Waals surface area contributed by atoms with Crippen LogP contribution < -0.4 is 0 Å². The third kappa shape index (κ3) is 3.95. The van der Waals surface area contributed by atoms with Gasteiger partial charge in [0.05, 0.1) is 6.54 Å². The Balaban J connectivity index is 2.53. The van der Waals surface area contributed by atoms with Crippen molar-refractivity contribution in [1.82, 2.24) is 4.90 Å². The van der Waals surface area contributed by atoms with Crippen molar-refractivity contribution < 1.29 is 9.53 Å². The van der Waals surface area contributed by atoms with Crippen LogP contribution in [0.5, 0.6) is 0 Å². The molecule has 0 aliphatic heterocycles. The number of hydrogen-bond acceptors (Lipinski definition) is 3. The van der Waals surface area contributed by atoms with Crippen molar-refractivity contribution in [2.75, 3.05) is 20.6 Å². The van der Waals surface area contributed by atoms with Crippen molar-refractivity contribution in [1.29, 1.82) is 0 Å². The molecular formula is C12H15NO2. The zero-order valence-electron chi connectivity index (χ0n) is 9.06. The third-order valence-corrected chi connectivity index (χ3v) is 1.78. The Morgan fingerprint density at radius 2 is 1.93 bits per heavy atom. The predicted molar refractivity (Wildman–Crippen MR) is 60.1 cm³/mol. The Morgan fingerprint density at radius 3 is 2.47 bits per heavy atom. The van der Waals surface area contributed by atoms with Gasteiger partial charge in [0.2, 0.25) is 0 Å². The van der Waals surface area contributed by atoms with Crippen molar-refractivity contribution in [3.05, 3.63) is 42.5 Å². The Morgan fingerprint density at radius 1 is 1.33 bits per heavy atom. The van der Waals surface area contributed by atoms with Crippen LogP contribution in [-0.4, -0.2) is 31.5 Å². The van der Waals surface area contributed by atoms with E-state index >= 15 is 0 Å². The number of benzene rings is 1. The Kier molecular flexibility index (Phi) is 4.06. The topological polar surface area (TPSA) is 29.5 Å². The van der Waals surface area contributed by atoms with Gasteiger partial charge in [0.25, 0.3) is 0 Å². The lowest BCUT2D eigenvalue weighted by Gasteiger charge is -2.10. The first-order chi connectivity index (χ1) is 7.09. The van der Waals surface area contributed by atoms with Crippen molar-refractivity contribution in [3.8, 4) is 0 Å². The highest BCUT2D eigenvalue weighted by atomic mass is 16.5. The number of hydrogen-bond donors (Lipinski definition) is 0. The summed E-state index contributed by atoms with van der Waals surface area (Å²) in [7, 11) is 3.62. The summed E-state index contributed by atoms with van der Waals surface area (Å²) >= 11 is 0. The predicted octanol–water partition coefficient (Wildman–Crippen LogP) is 1.76. The molecule has 0 saturated carbocycles. The molecule has 0 spiro atoms. The second kappa shape index (κ2) is 5.32. The largest absolute Gasteiger partial charge is 0.426 e. The monoisotopic (exact) mass is 205 g/mol. The van der Waals surface area contributed by atoms with Crippen LogP contribution in [0.2, 0.25) is 0 Å². The van der Waals surface area contributed by atoms with Crippen molar-refractivity contribution in [2.24, 2.45) is 0 Å². The Labute approximate surface area is 90.0 Å². The van der Waals surface area contributed by atoms with Gasteiger partial charge in [0.1, 0.15) is 5.76 Å². The normalized spacial score (nSPS) is 10.1. The maximum atomic E-state index is 11.3. The lowest BCUT2D eigenvalue weighted by atomic mass is 10.2. The van der Waals surface area contributed by atoms with Crippen LogP contribution in [0.4, 0.5) is 0 Å². The minimum absolute atomic E-state index is 0.256. The van der Waals surface area contributed by atoms with E-state index in [-0.39, 0.29) is 12.5 Å². The van der Waals surface area contributed by atoms with Crippen LogP contribution >= 0.6 is 0 Å². The number of likely N-dealkylation sites (N-methyl/N-ethyl adjacent to an activating group) is 1. The van der Waals surface area contributed by atoms with Gasteiger partial charge in [-0.15, -0.1) is 0 Å². The van der Waals surface area contributed by atoms with Crippen LogP contribution in [-0.2, 0) is 9.53 Å². The summed E-state index contributed by atoms with van der Waals surface area (Å²) in [5.74, 6) is 0.0938. The molecule has 0 aliphatic carbocycles. The smallest absolute Gasteiger partial charge is 0.325 e. The standard InChI is InChI=1S/C12H15NO2/c1-10(11-7-5-4-6-8-11)15-12(14)9-13(2)3/h4-8H,1,9H2,2-3H3. The van der Waals surface area contributed by atoms with Crippen molar-refractivity contribution >= 4 is 11.7 Å². The molecule has 0 atom stereocenters. The molecule has 1 rings (SSSR count). The molecular weight excluding hydrogens is 190 g/mol. The van der Waals surface area contributed by atoms with Gasteiger partial charge in [-0.05, 0) is 14.1 Å². The zero-order chi connectivity index (χ0) is 11.3. The highest BCUT2D eigenvalue weighted by Gasteiger charge is 2.07. The molecule has 1 aromatic rings. The summed E-state index contributed by atoms with van der Waals surface area (Å²) in [5, 5.41) is 0. The third-order valence-electron chi connectivity index (χ3n) is 1.78. The van der Waals surface area contributed by atoms with E-state index in [4.69, 9.17) is 4.74 Å². The lowest BCUT2D eigenvalue weighted by Crippen LogP contribution is -2.23. The molecule has 80 valence electrons. The number of carbonyl (C=O) groups excluding carboxylic acids is 1. The molecule has 15 heavy (non-hydrogen) atoms.